The fraction of sp³-hybridized carbons (Fsp3) is 0.286. The molecule has 1 aromatic carbocycles. The van der Waals surface area contributed by atoms with Crippen LogP contribution in [0.2, 0.25) is 0 Å². The molecular weight excluding hydrogens is 256 g/mol. The second kappa shape index (κ2) is 5.24. The second-order valence-corrected chi connectivity index (χ2v) is 4.89. The molecule has 0 amide bonds. The van der Waals surface area contributed by atoms with Crippen molar-refractivity contribution in [2.45, 2.75) is 26.7 Å². The Balaban J connectivity index is 2.46. The highest BCUT2D eigenvalue weighted by Gasteiger charge is 2.14. The van der Waals surface area contributed by atoms with E-state index in [2.05, 4.69) is 9.97 Å². The molecule has 0 saturated carbocycles. The quantitative estimate of drug-likeness (QED) is 0.684. The molecule has 6 nitrogen and oxygen atoms in total. The van der Waals surface area contributed by atoms with Crippen LogP contribution < -0.4 is 5.73 Å². The molecule has 0 spiro atoms. The van der Waals surface area contributed by atoms with E-state index in [-0.39, 0.29) is 11.6 Å². The average molecular weight is 272 g/mol. The first-order valence-corrected chi connectivity index (χ1v) is 6.29. The van der Waals surface area contributed by atoms with Gasteiger partial charge < -0.3 is 5.73 Å². The van der Waals surface area contributed by atoms with Crippen LogP contribution in [0.25, 0.3) is 11.4 Å². The Kier molecular flexibility index (Phi) is 3.65. The van der Waals surface area contributed by atoms with Gasteiger partial charge in [-0.1, -0.05) is 13.8 Å². The number of nitro benzene ring substituents is 1. The summed E-state index contributed by atoms with van der Waals surface area (Å²) < 4.78 is 0. The van der Waals surface area contributed by atoms with Crippen molar-refractivity contribution in [1.29, 1.82) is 0 Å². The number of anilines is 1. The molecule has 104 valence electrons. The number of hydrogen-bond acceptors (Lipinski definition) is 5. The van der Waals surface area contributed by atoms with Crippen LogP contribution in [0.4, 0.5) is 11.5 Å². The predicted molar refractivity (Wildman–Crippen MR) is 77.4 cm³/mol. The van der Waals surface area contributed by atoms with Crippen LogP contribution in [0.15, 0.2) is 24.3 Å². The predicted octanol–water partition coefficient (Wildman–Crippen LogP) is 3.07. The second-order valence-electron chi connectivity index (χ2n) is 4.89. The minimum Gasteiger partial charge on any atom is -0.383 e. The van der Waals surface area contributed by atoms with E-state index >= 15 is 0 Å². The van der Waals surface area contributed by atoms with Crippen molar-refractivity contribution in [3.63, 3.8) is 0 Å². The summed E-state index contributed by atoms with van der Waals surface area (Å²) in [5, 5.41) is 10.6. The number of nitrogens with zero attached hydrogens (tertiary/aromatic N) is 3. The Hall–Kier alpha value is -2.50. The summed E-state index contributed by atoms with van der Waals surface area (Å²) in [5.74, 6) is 1.20. The highest BCUT2D eigenvalue weighted by Crippen LogP contribution is 2.26. The van der Waals surface area contributed by atoms with Gasteiger partial charge >= 0.3 is 0 Å². The maximum Gasteiger partial charge on any atom is 0.269 e. The van der Waals surface area contributed by atoms with E-state index in [1.165, 1.54) is 12.1 Å². The van der Waals surface area contributed by atoms with Gasteiger partial charge in [0, 0.05) is 29.0 Å². The number of benzene rings is 1. The van der Waals surface area contributed by atoms with Crippen molar-refractivity contribution in [1.82, 2.24) is 9.97 Å². The fourth-order valence-electron chi connectivity index (χ4n) is 2.18. The van der Waals surface area contributed by atoms with Crippen LogP contribution in [-0.2, 0) is 0 Å². The Morgan fingerprint density at radius 2 is 1.80 bits per heavy atom. The number of non-ortho nitro benzene ring substituents is 1. The summed E-state index contributed by atoms with van der Waals surface area (Å²) >= 11 is 0. The van der Waals surface area contributed by atoms with E-state index in [0.29, 0.717) is 17.2 Å². The average Bonchev–Trinajstić information content (AvgIpc) is 2.37. The standard InChI is InChI=1S/C14H16N4O2/c1-8(2)12-9(3)16-14(17-13(12)15)10-4-6-11(7-5-10)18(19)20/h4-8H,1-3H3,(H2,15,16,17). The van der Waals surface area contributed by atoms with E-state index in [0.717, 1.165) is 11.3 Å². The Bertz CT molecular complexity index is 628. The monoisotopic (exact) mass is 272 g/mol. The van der Waals surface area contributed by atoms with Crippen molar-refractivity contribution >= 4 is 11.5 Å². The van der Waals surface area contributed by atoms with Crippen LogP contribution in [0, 0.1) is 17.0 Å². The molecule has 0 saturated heterocycles. The molecule has 0 radical (unpaired) electrons. The normalized spacial score (nSPS) is 10.8. The first-order valence-electron chi connectivity index (χ1n) is 6.29. The third kappa shape index (κ3) is 2.59. The third-order valence-electron chi connectivity index (χ3n) is 3.08. The molecule has 0 bridgehead atoms. The van der Waals surface area contributed by atoms with Crippen LogP contribution in [-0.4, -0.2) is 14.9 Å². The Labute approximate surface area is 116 Å². The van der Waals surface area contributed by atoms with Crippen molar-refractivity contribution in [2.75, 3.05) is 5.73 Å². The SMILES string of the molecule is Cc1nc(-c2ccc([N+](=O)[O-])cc2)nc(N)c1C(C)C. The summed E-state index contributed by atoms with van der Waals surface area (Å²) in [7, 11) is 0. The molecule has 20 heavy (non-hydrogen) atoms. The van der Waals surface area contributed by atoms with Gasteiger partial charge in [0.25, 0.3) is 5.69 Å². The maximum atomic E-state index is 10.6. The molecule has 0 aliphatic heterocycles. The van der Waals surface area contributed by atoms with E-state index in [9.17, 15) is 10.1 Å². The van der Waals surface area contributed by atoms with Crippen LogP contribution in [0.3, 0.4) is 0 Å². The van der Waals surface area contributed by atoms with Gasteiger partial charge in [0.2, 0.25) is 0 Å². The minimum absolute atomic E-state index is 0.0391. The number of nitrogen functional groups attached to an aromatic ring is 1. The van der Waals surface area contributed by atoms with Crippen LogP contribution in [0.1, 0.15) is 31.0 Å². The highest BCUT2D eigenvalue weighted by molar-refractivity contribution is 5.60. The molecule has 2 N–H and O–H groups in total. The zero-order valence-electron chi connectivity index (χ0n) is 11.6. The first-order chi connectivity index (χ1) is 9.40. The lowest BCUT2D eigenvalue weighted by Gasteiger charge is -2.13. The summed E-state index contributed by atoms with van der Waals surface area (Å²) in [6.45, 7) is 5.96. The number of rotatable bonds is 3. The third-order valence-corrected chi connectivity index (χ3v) is 3.08. The van der Waals surface area contributed by atoms with E-state index < -0.39 is 4.92 Å². The zero-order chi connectivity index (χ0) is 14.9. The van der Waals surface area contributed by atoms with Gasteiger partial charge in [-0.3, -0.25) is 10.1 Å². The smallest absolute Gasteiger partial charge is 0.269 e. The largest absolute Gasteiger partial charge is 0.383 e. The topological polar surface area (TPSA) is 94.9 Å². The summed E-state index contributed by atoms with van der Waals surface area (Å²) in [6, 6.07) is 6.12. The van der Waals surface area contributed by atoms with Gasteiger partial charge in [-0.05, 0) is 25.0 Å². The van der Waals surface area contributed by atoms with E-state index in [1.54, 1.807) is 12.1 Å². The van der Waals surface area contributed by atoms with Gasteiger partial charge in [0.1, 0.15) is 5.82 Å². The number of aromatic nitrogens is 2. The lowest BCUT2D eigenvalue weighted by Crippen LogP contribution is -2.06. The minimum atomic E-state index is -0.438. The summed E-state index contributed by atoms with van der Waals surface area (Å²) in [4.78, 5) is 18.9. The van der Waals surface area contributed by atoms with Gasteiger partial charge in [0.15, 0.2) is 5.82 Å². The molecule has 0 atom stereocenters. The summed E-state index contributed by atoms with van der Waals surface area (Å²) in [6.07, 6.45) is 0. The van der Waals surface area contributed by atoms with E-state index in [4.69, 9.17) is 5.73 Å². The van der Waals surface area contributed by atoms with Crippen molar-refractivity contribution in [2.24, 2.45) is 0 Å². The van der Waals surface area contributed by atoms with Crippen molar-refractivity contribution in [3.8, 4) is 11.4 Å². The maximum absolute atomic E-state index is 10.6. The molecular formula is C14H16N4O2. The van der Waals surface area contributed by atoms with Gasteiger partial charge in [-0.2, -0.15) is 0 Å². The molecule has 2 rings (SSSR count). The number of aryl methyl sites for hydroxylation is 1. The molecule has 6 heteroatoms. The Morgan fingerprint density at radius 3 is 2.25 bits per heavy atom. The lowest BCUT2D eigenvalue weighted by molar-refractivity contribution is -0.384. The van der Waals surface area contributed by atoms with Crippen molar-refractivity contribution in [3.05, 3.63) is 45.6 Å². The highest BCUT2D eigenvalue weighted by atomic mass is 16.6. The molecule has 0 aliphatic carbocycles. The molecule has 1 aromatic heterocycles. The van der Waals surface area contributed by atoms with E-state index in [1.807, 2.05) is 20.8 Å². The first kappa shape index (κ1) is 13.9. The van der Waals surface area contributed by atoms with Gasteiger partial charge in [-0.15, -0.1) is 0 Å². The van der Waals surface area contributed by atoms with Gasteiger partial charge in [0.05, 0.1) is 4.92 Å². The van der Waals surface area contributed by atoms with Crippen LogP contribution in [0.5, 0.6) is 0 Å². The number of hydrogen-bond donors (Lipinski definition) is 1. The molecule has 0 unspecified atom stereocenters. The van der Waals surface area contributed by atoms with Crippen molar-refractivity contribution < 1.29 is 4.92 Å². The molecule has 0 aliphatic rings. The van der Waals surface area contributed by atoms with Crippen LogP contribution >= 0.6 is 0 Å². The molecule has 2 aromatic rings. The summed E-state index contributed by atoms with van der Waals surface area (Å²) in [5.41, 5.74) is 8.50. The Morgan fingerprint density at radius 1 is 1.20 bits per heavy atom. The molecule has 0 fully saturated rings. The number of nitro groups is 1. The molecule has 1 heterocycles. The van der Waals surface area contributed by atoms with Gasteiger partial charge in [-0.25, -0.2) is 9.97 Å². The lowest BCUT2D eigenvalue weighted by atomic mass is 10.0. The number of nitrogens with two attached hydrogens (primary N) is 1. The fourth-order valence-corrected chi connectivity index (χ4v) is 2.18. The zero-order valence-corrected chi connectivity index (χ0v) is 11.6.